The van der Waals surface area contributed by atoms with Gasteiger partial charge in [-0.15, -0.1) is 0 Å². The van der Waals surface area contributed by atoms with Gasteiger partial charge in [0.15, 0.2) is 0 Å². The number of anilines is 4. The molecule has 2 aromatic heterocycles. The number of para-hydroxylation sites is 4. The minimum atomic E-state index is -2.46. The van der Waals surface area contributed by atoms with Crippen LogP contribution in [0.1, 0.15) is 49.7 Å². The quantitative estimate of drug-likeness (QED) is 0.153. The van der Waals surface area contributed by atoms with Crippen molar-refractivity contribution >= 4 is 44.6 Å². The van der Waals surface area contributed by atoms with E-state index < -0.39 is 67.3 Å². The van der Waals surface area contributed by atoms with Crippen LogP contribution in [0, 0.1) is 6.85 Å². The summed E-state index contributed by atoms with van der Waals surface area (Å²) in [6.45, 7) is 4.01. The van der Waals surface area contributed by atoms with Crippen molar-refractivity contribution < 1.29 is 22.6 Å². The standard InChI is InChI=1S/C59H48N4O/c1-40-35-57(60-38-52(40)43-29-31-44(32-30-43)59(2,3)4)63-53-26-12-11-23-50(53)51-34-33-47(37-56(51)63)64-46-22-15-21-45(36-46)61-39-62(55-28-14-13-27-54(55)61)58-48(41-17-7-5-8-18-41)24-16-25-49(58)42-19-9-6-10-20-42/h5-38H,39H2,1-4H3/i1D3,5D,6D,7D,8D,9D,10D,17D,18D,19D,20D. The van der Waals surface area contributed by atoms with E-state index in [9.17, 15) is 0 Å². The van der Waals surface area contributed by atoms with Gasteiger partial charge in [-0.25, -0.2) is 4.98 Å². The van der Waals surface area contributed by atoms with Crippen LogP contribution in [-0.2, 0) is 5.41 Å². The molecular formula is C59H48N4O. The molecule has 5 nitrogen and oxygen atoms in total. The molecular weight excluding hydrogens is 781 g/mol. The maximum atomic E-state index is 9.05. The molecule has 0 saturated carbocycles. The highest BCUT2D eigenvalue weighted by Crippen LogP contribution is 2.50. The molecule has 64 heavy (non-hydrogen) atoms. The first-order valence-electron chi connectivity index (χ1n) is 27.5. The third kappa shape index (κ3) is 6.96. The fraction of sp³-hybridized carbons (Fsp3) is 0.102. The SMILES string of the molecule is [2H]c1c([2H])c([2H])c(-c2cccc(-c3c([2H])c([2H])c([2H])c([2H])c3[2H])c2N2CN(c3cccc(Oc4ccc5c6ccccc6n(-c6cc(C([2H])([2H])[2H])c(-c7ccc(C(C)(C)C)cc7)cn6)c5c4)c3)c3ccccc32)c([2H])c1[2H]. The topological polar surface area (TPSA) is 33.5 Å². The van der Waals surface area contributed by atoms with Gasteiger partial charge in [-0.05, 0) is 88.6 Å². The molecule has 11 rings (SSSR count). The number of benzene rings is 8. The lowest BCUT2D eigenvalue weighted by Crippen LogP contribution is -2.24. The normalized spacial score (nSPS) is 15.6. The van der Waals surface area contributed by atoms with E-state index in [0.717, 1.165) is 38.6 Å². The van der Waals surface area contributed by atoms with Crippen molar-refractivity contribution in [3.05, 3.63) is 217 Å². The Bertz CT molecular complexity index is 3910. The summed E-state index contributed by atoms with van der Waals surface area (Å²) >= 11 is 0. The van der Waals surface area contributed by atoms with Crippen LogP contribution in [0.3, 0.4) is 0 Å². The molecule has 3 heterocycles. The van der Waals surface area contributed by atoms with E-state index in [1.165, 1.54) is 0 Å². The summed E-state index contributed by atoms with van der Waals surface area (Å²) in [5.74, 6) is 1.39. The Morgan fingerprint density at radius 1 is 0.562 bits per heavy atom. The van der Waals surface area contributed by atoms with E-state index in [0.29, 0.717) is 34.3 Å². The lowest BCUT2D eigenvalue weighted by molar-refractivity contribution is 0.483. The minimum absolute atomic E-state index is 0.0719. The Hall–Kier alpha value is -7.89. The van der Waals surface area contributed by atoms with Crippen LogP contribution in [0.4, 0.5) is 22.7 Å². The minimum Gasteiger partial charge on any atom is -0.457 e. The summed E-state index contributed by atoms with van der Waals surface area (Å²) < 4.78 is 122. The van der Waals surface area contributed by atoms with Gasteiger partial charge in [0.05, 0.1) is 41.8 Å². The van der Waals surface area contributed by atoms with E-state index in [1.807, 2.05) is 130 Å². The van der Waals surface area contributed by atoms with Crippen molar-refractivity contribution in [2.45, 2.75) is 33.0 Å². The molecule has 0 bridgehead atoms. The lowest BCUT2D eigenvalue weighted by atomic mass is 9.86. The number of rotatable bonds is 8. The summed E-state index contributed by atoms with van der Waals surface area (Å²) in [6, 6.07) is 37.8. The van der Waals surface area contributed by atoms with E-state index in [4.69, 9.17) is 27.5 Å². The maximum absolute atomic E-state index is 9.05. The van der Waals surface area contributed by atoms with Gasteiger partial charge in [0, 0.05) is 55.6 Å². The molecule has 0 N–H and O–H groups in total. The summed E-state index contributed by atoms with van der Waals surface area (Å²) in [6.07, 6.45) is 1.64. The van der Waals surface area contributed by atoms with Crippen LogP contribution < -0.4 is 14.5 Å². The maximum Gasteiger partial charge on any atom is 0.137 e. The van der Waals surface area contributed by atoms with Crippen LogP contribution in [-0.4, -0.2) is 16.2 Å². The van der Waals surface area contributed by atoms with Crippen molar-refractivity contribution in [1.29, 1.82) is 0 Å². The average molecular weight is 842 g/mol. The molecule has 0 spiro atoms. The third-order valence-corrected chi connectivity index (χ3v) is 11.8. The summed E-state index contributed by atoms with van der Waals surface area (Å²) in [4.78, 5) is 8.79. The summed E-state index contributed by atoms with van der Waals surface area (Å²) in [5.41, 5.74) is 6.53. The highest BCUT2D eigenvalue weighted by Gasteiger charge is 2.31. The molecule has 0 radical (unpaired) electrons. The monoisotopic (exact) mass is 841 g/mol. The second-order valence-electron chi connectivity index (χ2n) is 16.7. The number of pyridine rings is 1. The first-order valence-corrected chi connectivity index (χ1v) is 21.0. The van der Waals surface area contributed by atoms with Gasteiger partial charge in [0.2, 0.25) is 0 Å². The number of hydrogen-bond donors (Lipinski definition) is 0. The molecule has 10 aromatic rings. The molecule has 310 valence electrons. The van der Waals surface area contributed by atoms with Gasteiger partial charge < -0.3 is 14.5 Å². The van der Waals surface area contributed by atoms with Crippen LogP contribution in [0.2, 0.25) is 0 Å². The summed E-state index contributed by atoms with van der Waals surface area (Å²) in [5, 5.41) is 1.84. The van der Waals surface area contributed by atoms with Crippen molar-refractivity contribution in [3.63, 3.8) is 0 Å². The van der Waals surface area contributed by atoms with Gasteiger partial charge in [0.1, 0.15) is 24.0 Å². The van der Waals surface area contributed by atoms with Crippen molar-refractivity contribution in [2.24, 2.45) is 0 Å². The van der Waals surface area contributed by atoms with Crippen LogP contribution >= 0.6 is 0 Å². The van der Waals surface area contributed by atoms with Crippen LogP contribution in [0.15, 0.2) is 206 Å². The number of nitrogens with zero attached hydrogens (tertiary/aromatic N) is 4. The molecule has 5 heteroatoms. The number of aryl methyl sites for hydroxylation is 1. The molecule has 0 saturated heterocycles. The smallest absolute Gasteiger partial charge is 0.137 e. The fourth-order valence-corrected chi connectivity index (χ4v) is 8.69. The largest absolute Gasteiger partial charge is 0.457 e. The average Bonchev–Trinajstić information content (AvgIpc) is 4.03. The van der Waals surface area contributed by atoms with Gasteiger partial charge in [0.25, 0.3) is 0 Å². The Kier molecular flexibility index (Phi) is 6.72. The molecule has 1 aliphatic rings. The number of hydrogen-bond acceptors (Lipinski definition) is 4. The van der Waals surface area contributed by atoms with Crippen molar-refractivity contribution in [2.75, 3.05) is 16.5 Å². The first-order chi connectivity index (χ1) is 36.6. The Labute approximate surface area is 393 Å². The highest BCUT2D eigenvalue weighted by atomic mass is 16.5. The second-order valence-corrected chi connectivity index (χ2v) is 16.7. The molecule has 8 aromatic carbocycles. The van der Waals surface area contributed by atoms with E-state index >= 15 is 0 Å². The molecule has 0 atom stereocenters. The van der Waals surface area contributed by atoms with Gasteiger partial charge >= 0.3 is 0 Å². The Balaban J connectivity index is 1.00. The van der Waals surface area contributed by atoms with Crippen molar-refractivity contribution in [3.8, 4) is 50.7 Å². The second kappa shape index (κ2) is 15.8. The predicted octanol–water partition coefficient (Wildman–Crippen LogP) is 15.8. The molecule has 0 fully saturated rings. The van der Waals surface area contributed by atoms with E-state index in [-0.39, 0.29) is 45.6 Å². The highest BCUT2D eigenvalue weighted by molar-refractivity contribution is 6.09. The van der Waals surface area contributed by atoms with Gasteiger partial charge in [-0.3, -0.25) is 4.57 Å². The molecule has 0 amide bonds. The fourth-order valence-electron chi connectivity index (χ4n) is 8.69. The van der Waals surface area contributed by atoms with Crippen molar-refractivity contribution in [1.82, 2.24) is 9.55 Å². The zero-order valence-corrected chi connectivity index (χ0v) is 35.3. The molecule has 0 unspecified atom stereocenters. The predicted molar refractivity (Wildman–Crippen MR) is 267 cm³/mol. The third-order valence-electron chi connectivity index (χ3n) is 11.8. The van der Waals surface area contributed by atoms with Crippen LogP contribution in [0.5, 0.6) is 11.5 Å². The Morgan fingerprint density at radius 3 is 1.91 bits per heavy atom. The van der Waals surface area contributed by atoms with Crippen LogP contribution in [0.25, 0.3) is 61.0 Å². The zero-order valence-electron chi connectivity index (χ0n) is 48.3. The molecule has 0 aliphatic carbocycles. The number of fused-ring (bicyclic) bond motifs is 4. The zero-order chi connectivity index (χ0) is 54.6. The van der Waals surface area contributed by atoms with Gasteiger partial charge in [-0.2, -0.15) is 0 Å². The number of ether oxygens (including phenoxy) is 1. The lowest BCUT2D eigenvalue weighted by Gasteiger charge is -2.27. The molecule has 1 aliphatic heterocycles. The van der Waals surface area contributed by atoms with E-state index in [1.54, 1.807) is 30.5 Å². The summed E-state index contributed by atoms with van der Waals surface area (Å²) in [7, 11) is 0. The Morgan fingerprint density at radius 2 is 1.20 bits per heavy atom. The first kappa shape index (κ1) is 27.2. The number of aromatic nitrogens is 2. The van der Waals surface area contributed by atoms with E-state index in [2.05, 4.69) is 20.8 Å². The van der Waals surface area contributed by atoms with Gasteiger partial charge in [-0.1, -0.05) is 160 Å².